The highest BCUT2D eigenvalue weighted by Gasteiger charge is 2.35. The zero-order valence-corrected chi connectivity index (χ0v) is 19.9. The van der Waals surface area contributed by atoms with Crippen molar-refractivity contribution in [2.24, 2.45) is 0 Å². The zero-order chi connectivity index (χ0) is 24.8. The number of rotatable bonds is 7. The van der Waals surface area contributed by atoms with E-state index in [9.17, 15) is 19.2 Å². The van der Waals surface area contributed by atoms with Crippen LogP contribution in [0.25, 0.3) is 0 Å². The first-order valence-corrected chi connectivity index (χ1v) is 12.0. The van der Waals surface area contributed by atoms with E-state index in [2.05, 4.69) is 17.6 Å². The Morgan fingerprint density at radius 3 is 2.46 bits per heavy atom. The second-order valence-corrected chi connectivity index (χ2v) is 8.74. The molecule has 0 aliphatic carbocycles. The predicted molar refractivity (Wildman–Crippen MR) is 129 cm³/mol. The number of hydrogen-bond donors (Lipinski definition) is 2. The lowest BCUT2D eigenvalue weighted by atomic mass is 10.1. The molecule has 1 aromatic heterocycles. The van der Waals surface area contributed by atoms with Crippen LogP contribution >= 0.6 is 0 Å². The van der Waals surface area contributed by atoms with Gasteiger partial charge in [-0.2, -0.15) is 0 Å². The molecular weight excluding hydrogens is 450 g/mol. The maximum atomic E-state index is 13.1. The maximum absolute atomic E-state index is 13.1. The summed E-state index contributed by atoms with van der Waals surface area (Å²) in [6, 6.07) is 10.0. The highest BCUT2D eigenvalue weighted by Crippen LogP contribution is 2.15. The van der Waals surface area contributed by atoms with Crippen molar-refractivity contribution >= 4 is 29.3 Å². The summed E-state index contributed by atoms with van der Waals surface area (Å²) in [5, 5.41) is 5.57. The highest BCUT2D eigenvalue weighted by molar-refractivity contribution is 5.97. The van der Waals surface area contributed by atoms with Gasteiger partial charge in [0.1, 0.15) is 6.04 Å². The first kappa shape index (κ1) is 24.5. The number of anilines is 1. The standard InChI is InChI=1S/C25H31N5O5/c1-2-18-5-7-19(8-6-18)27-22(31)16-20-24(33)26-9-10-30(20)23(32)17-28-11-13-29(14-12-28)25(34)21-4-3-15-35-21/h3-8,15,20H,2,9-14,16-17H2,1H3,(H,26,33)(H,27,31)/t20-/m1/s1. The fourth-order valence-corrected chi connectivity index (χ4v) is 4.37. The zero-order valence-electron chi connectivity index (χ0n) is 19.9. The van der Waals surface area contributed by atoms with Crippen LogP contribution in [0.15, 0.2) is 47.1 Å². The van der Waals surface area contributed by atoms with E-state index in [1.165, 1.54) is 11.2 Å². The van der Waals surface area contributed by atoms with Crippen molar-refractivity contribution in [1.29, 1.82) is 0 Å². The summed E-state index contributed by atoms with van der Waals surface area (Å²) in [7, 11) is 0. The summed E-state index contributed by atoms with van der Waals surface area (Å²) in [5.41, 5.74) is 1.82. The quantitative estimate of drug-likeness (QED) is 0.609. The minimum absolute atomic E-state index is 0.113. The Morgan fingerprint density at radius 1 is 1.06 bits per heavy atom. The van der Waals surface area contributed by atoms with Crippen molar-refractivity contribution < 1.29 is 23.6 Å². The minimum atomic E-state index is -0.854. The van der Waals surface area contributed by atoms with E-state index in [4.69, 9.17) is 4.42 Å². The first-order chi connectivity index (χ1) is 16.9. The van der Waals surface area contributed by atoms with Gasteiger partial charge in [-0.25, -0.2) is 0 Å². The molecule has 2 aliphatic rings. The molecule has 2 fully saturated rings. The van der Waals surface area contributed by atoms with Gasteiger partial charge < -0.3 is 24.9 Å². The molecule has 0 spiro atoms. The number of carbonyl (C=O) groups excluding carboxylic acids is 4. The molecule has 0 radical (unpaired) electrons. The Labute approximate surface area is 204 Å². The van der Waals surface area contributed by atoms with Gasteiger partial charge >= 0.3 is 0 Å². The van der Waals surface area contributed by atoms with E-state index in [1.807, 2.05) is 29.2 Å². The van der Waals surface area contributed by atoms with E-state index in [0.717, 1.165) is 12.0 Å². The molecule has 4 rings (SSSR count). The van der Waals surface area contributed by atoms with Crippen LogP contribution in [-0.4, -0.2) is 90.2 Å². The Bertz CT molecular complexity index is 1040. The number of nitrogens with zero attached hydrogens (tertiary/aromatic N) is 3. The van der Waals surface area contributed by atoms with Gasteiger partial charge in [0.15, 0.2) is 5.76 Å². The van der Waals surface area contributed by atoms with Gasteiger partial charge in [-0.05, 0) is 36.2 Å². The average molecular weight is 482 g/mol. The first-order valence-electron chi connectivity index (χ1n) is 12.0. The summed E-state index contributed by atoms with van der Waals surface area (Å²) >= 11 is 0. The molecule has 2 saturated heterocycles. The molecule has 2 N–H and O–H groups in total. The number of aryl methyl sites for hydroxylation is 1. The Morgan fingerprint density at radius 2 is 1.80 bits per heavy atom. The summed E-state index contributed by atoms with van der Waals surface area (Å²) in [6.07, 6.45) is 2.26. The summed E-state index contributed by atoms with van der Waals surface area (Å²) in [6.45, 7) is 4.94. The minimum Gasteiger partial charge on any atom is -0.459 e. The van der Waals surface area contributed by atoms with Crippen molar-refractivity contribution in [3.63, 3.8) is 0 Å². The summed E-state index contributed by atoms with van der Waals surface area (Å²) < 4.78 is 5.18. The van der Waals surface area contributed by atoms with Gasteiger partial charge in [-0.3, -0.25) is 24.1 Å². The Hall–Kier alpha value is -3.66. The smallest absolute Gasteiger partial charge is 0.289 e. The molecule has 35 heavy (non-hydrogen) atoms. The molecule has 2 aliphatic heterocycles. The number of piperazine rings is 2. The van der Waals surface area contributed by atoms with E-state index in [1.54, 1.807) is 17.0 Å². The molecular formula is C25H31N5O5. The van der Waals surface area contributed by atoms with E-state index in [-0.39, 0.29) is 36.6 Å². The van der Waals surface area contributed by atoms with E-state index >= 15 is 0 Å². The molecule has 0 unspecified atom stereocenters. The van der Waals surface area contributed by atoms with Crippen molar-refractivity contribution in [1.82, 2.24) is 20.0 Å². The third kappa shape index (κ3) is 6.07. The molecule has 0 bridgehead atoms. The molecule has 186 valence electrons. The van der Waals surface area contributed by atoms with Gasteiger partial charge in [-0.15, -0.1) is 0 Å². The number of amides is 4. The molecule has 1 atom stereocenters. The molecule has 3 heterocycles. The number of hydrogen-bond acceptors (Lipinski definition) is 6. The van der Waals surface area contributed by atoms with Crippen LogP contribution in [-0.2, 0) is 20.8 Å². The van der Waals surface area contributed by atoms with E-state index < -0.39 is 6.04 Å². The second kappa shape index (κ2) is 11.2. The second-order valence-electron chi connectivity index (χ2n) is 8.74. The molecule has 0 saturated carbocycles. The van der Waals surface area contributed by atoms with Crippen LogP contribution in [0, 0.1) is 0 Å². The van der Waals surface area contributed by atoms with Gasteiger partial charge in [0.05, 0.1) is 19.2 Å². The lowest BCUT2D eigenvalue weighted by molar-refractivity contribution is -0.145. The third-order valence-corrected chi connectivity index (χ3v) is 6.43. The van der Waals surface area contributed by atoms with Gasteiger partial charge in [0.2, 0.25) is 17.7 Å². The van der Waals surface area contributed by atoms with Gasteiger partial charge in [-0.1, -0.05) is 19.1 Å². The number of nitrogens with one attached hydrogen (secondary N) is 2. The monoisotopic (exact) mass is 481 g/mol. The van der Waals surface area contributed by atoms with Crippen LogP contribution in [0.2, 0.25) is 0 Å². The lowest BCUT2D eigenvalue weighted by Crippen LogP contribution is -2.60. The van der Waals surface area contributed by atoms with Crippen LogP contribution < -0.4 is 10.6 Å². The van der Waals surface area contributed by atoms with Gasteiger partial charge in [0.25, 0.3) is 5.91 Å². The average Bonchev–Trinajstić information content (AvgIpc) is 3.41. The van der Waals surface area contributed by atoms with Crippen molar-refractivity contribution in [3.05, 3.63) is 54.0 Å². The highest BCUT2D eigenvalue weighted by atomic mass is 16.3. The molecule has 2 aromatic rings. The largest absolute Gasteiger partial charge is 0.459 e. The summed E-state index contributed by atoms with van der Waals surface area (Å²) in [5.74, 6) is -0.703. The fourth-order valence-electron chi connectivity index (χ4n) is 4.37. The normalized spacial score (nSPS) is 18.8. The van der Waals surface area contributed by atoms with Crippen LogP contribution in [0.4, 0.5) is 5.69 Å². The lowest BCUT2D eigenvalue weighted by Gasteiger charge is -2.38. The fraction of sp³-hybridized carbons (Fsp3) is 0.440. The number of benzene rings is 1. The molecule has 10 heteroatoms. The maximum Gasteiger partial charge on any atom is 0.289 e. The van der Waals surface area contributed by atoms with Gasteiger partial charge in [0, 0.05) is 45.0 Å². The topological polar surface area (TPSA) is 115 Å². The van der Waals surface area contributed by atoms with E-state index in [0.29, 0.717) is 50.7 Å². The molecule has 4 amide bonds. The molecule has 10 nitrogen and oxygen atoms in total. The predicted octanol–water partition coefficient (Wildman–Crippen LogP) is 0.956. The van der Waals surface area contributed by atoms with Crippen molar-refractivity contribution in [3.8, 4) is 0 Å². The Balaban J connectivity index is 1.30. The van der Waals surface area contributed by atoms with Crippen LogP contribution in [0.5, 0.6) is 0 Å². The number of carbonyl (C=O) groups is 4. The van der Waals surface area contributed by atoms with Crippen molar-refractivity contribution in [2.75, 3.05) is 51.1 Å². The molecule has 1 aromatic carbocycles. The van der Waals surface area contributed by atoms with Crippen LogP contribution in [0.1, 0.15) is 29.5 Å². The SMILES string of the molecule is CCc1ccc(NC(=O)C[C@@H]2C(=O)NCCN2C(=O)CN2CCN(C(=O)c3ccco3)CC2)cc1. The van der Waals surface area contributed by atoms with Crippen LogP contribution in [0.3, 0.4) is 0 Å². The summed E-state index contributed by atoms with van der Waals surface area (Å²) in [4.78, 5) is 55.9. The third-order valence-electron chi connectivity index (χ3n) is 6.43. The van der Waals surface area contributed by atoms with Crippen molar-refractivity contribution in [2.45, 2.75) is 25.8 Å². The Kier molecular flexibility index (Phi) is 7.81. The number of furan rings is 1.